The van der Waals surface area contributed by atoms with Gasteiger partial charge in [0.15, 0.2) is 8.07 Å². The van der Waals surface area contributed by atoms with Gasteiger partial charge < -0.3 is 0 Å². The normalized spacial score (nSPS) is 11.1. The third-order valence-electron chi connectivity index (χ3n) is 4.03. The van der Waals surface area contributed by atoms with Gasteiger partial charge in [-0.05, 0) is 19.7 Å². The van der Waals surface area contributed by atoms with Crippen LogP contribution in [-0.2, 0) is 0 Å². The third kappa shape index (κ3) is 2.49. The Bertz CT molecular complexity index is 655. The minimum Gasteiger partial charge on any atom is -0.0918 e. The van der Waals surface area contributed by atoms with Crippen molar-refractivity contribution < 1.29 is 0 Å². The fraction of sp³-hybridized carbons (Fsp3) is 0. The van der Waals surface area contributed by atoms with Crippen LogP contribution in [0.3, 0.4) is 0 Å². The van der Waals surface area contributed by atoms with Gasteiger partial charge in [-0.3, -0.25) is 0 Å². The highest BCUT2D eigenvalue weighted by molar-refractivity contribution is 9.12. The summed E-state index contributed by atoms with van der Waals surface area (Å²) < 4.78 is 1.07. The summed E-state index contributed by atoms with van der Waals surface area (Å²) in [6.45, 7) is 4.34. The highest BCUT2D eigenvalue weighted by Crippen LogP contribution is 2.20. The summed E-state index contributed by atoms with van der Waals surface area (Å²) in [7, 11) is -2.28. The summed E-state index contributed by atoms with van der Waals surface area (Å²) in [6, 6.07) is 32.2. The molecule has 3 rings (SSSR count). The summed E-state index contributed by atoms with van der Waals surface area (Å²) in [6.07, 6.45) is 0. The van der Waals surface area contributed by atoms with Crippen LogP contribution in [0.4, 0.5) is 0 Å². The zero-order valence-electron chi connectivity index (χ0n) is 12.2. The Balaban J connectivity index is 2.37. The molecule has 22 heavy (non-hydrogen) atoms. The first kappa shape index (κ1) is 15.0. The Morgan fingerprint density at radius 3 is 1.09 bits per heavy atom. The quantitative estimate of drug-likeness (QED) is 0.490. The topological polar surface area (TPSA) is 0 Å². The third-order valence-corrected chi connectivity index (χ3v) is 10.2. The summed E-state index contributed by atoms with van der Waals surface area (Å²) in [5, 5.41) is 4.03. The van der Waals surface area contributed by atoms with Crippen LogP contribution in [-0.4, -0.2) is 8.07 Å². The van der Waals surface area contributed by atoms with E-state index in [0.29, 0.717) is 0 Å². The van der Waals surface area contributed by atoms with Crippen LogP contribution < -0.4 is 15.6 Å². The average molecular weight is 365 g/mol. The zero-order valence-corrected chi connectivity index (χ0v) is 14.8. The lowest BCUT2D eigenvalue weighted by atomic mass is 10.3. The molecule has 3 aromatic rings. The van der Waals surface area contributed by atoms with Crippen molar-refractivity contribution >= 4 is 39.6 Å². The summed E-state index contributed by atoms with van der Waals surface area (Å²) in [5.41, 5.74) is 0. The number of hydrogen-bond acceptors (Lipinski definition) is 0. The number of halogens is 1. The molecule has 0 radical (unpaired) electrons. The van der Waals surface area contributed by atoms with Crippen LogP contribution in [0, 0.1) is 0 Å². The molecule has 0 aliphatic carbocycles. The Morgan fingerprint density at radius 2 is 0.864 bits per heavy atom. The first-order chi connectivity index (χ1) is 10.8. The van der Waals surface area contributed by atoms with Crippen LogP contribution in [0.2, 0.25) is 0 Å². The molecule has 0 unspecified atom stereocenters. The highest BCUT2D eigenvalue weighted by Gasteiger charge is 2.41. The maximum Gasteiger partial charge on any atom is 0.186 e. The summed E-state index contributed by atoms with van der Waals surface area (Å²) >= 11 is 3.78. The van der Waals surface area contributed by atoms with Crippen molar-refractivity contribution in [2.45, 2.75) is 0 Å². The molecule has 108 valence electrons. The van der Waals surface area contributed by atoms with Crippen LogP contribution in [0.5, 0.6) is 0 Å². The van der Waals surface area contributed by atoms with Crippen molar-refractivity contribution in [3.05, 3.63) is 102 Å². The number of benzene rings is 3. The molecule has 0 nitrogen and oxygen atoms in total. The second kappa shape index (κ2) is 6.47. The van der Waals surface area contributed by atoms with E-state index in [0.717, 1.165) is 4.11 Å². The van der Waals surface area contributed by atoms with Gasteiger partial charge in [-0.15, -0.1) is 0 Å². The monoisotopic (exact) mass is 364 g/mol. The van der Waals surface area contributed by atoms with Gasteiger partial charge in [-0.2, -0.15) is 0 Å². The standard InChI is InChI=1S/C20H17BrSi/c1-17(21)22(18-11-5-2-6-12-18,19-13-7-3-8-14-19)20-15-9-4-10-16-20/h2-16H,1H2. The second-order valence-corrected chi connectivity index (χ2v) is 10.8. The Labute approximate surface area is 141 Å². The van der Waals surface area contributed by atoms with Crippen LogP contribution in [0.25, 0.3) is 0 Å². The fourth-order valence-electron chi connectivity index (χ4n) is 3.03. The molecule has 0 atom stereocenters. The van der Waals surface area contributed by atoms with E-state index in [1.165, 1.54) is 15.6 Å². The van der Waals surface area contributed by atoms with Crippen molar-refractivity contribution in [1.82, 2.24) is 0 Å². The van der Waals surface area contributed by atoms with Gasteiger partial charge in [0.2, 0.25) is 0 Å². The van der Waals surface area contributed by atoms with Gasteiger partial charge in [0, 0.05) is 0 Å². The second-order valence-electron chi connectivity index (χ2n) is 5.25. The molecule has 0 aliphatic rings. The SMILES string of the molecule is C=C(Br)[Si](c1ccccc1)(c1ccccc1)c1ccccc1. The van der Waals surface area contributed by atoms with Gasteiger partial charge in [0.1, 0.15) is 0 Å². The van der Waals surface area contributed by atoms with Crippen molar-refractivity contribution in [3.8, 4) is 0 Å². The summed E-state index contributed by atoms with van der Waals surface area (Å²) in [5.74, 6) is 0. The molecular formula is C20H17BrSi. The van der Waals surface area contributed by atoms with Crippen LogP contribution >= 0.6 is 15.9 Å². The van der Waals surface area contributed by atoms with E-state index in [9.17, 15) is 0 Å². The van der Waals surface area contributed by atoms with E-state index in [-0.39, 0.29) is 0 Å². The molecule has 0 aliphatic heterocycles. The van der Waals surface area contributed by atoms with E-state index in [1.807, 2.05) is 0 Å². The van der Waals surface area contributed by atoms with E-state index in [1.54, 1.807) is 0 Å². The van der Waals surface area contributed by atoms with Gasteiger partial charge in [0.05, 0.1) is 0 Å². The Morgan fingerprint density at radius 1 is 0.591 bits per heavy atom. The highest BCUT2D eigenvalue weighted by atomic mass is 79.9. The van der Waals surface area contributed by atoms with Gasteiger partial charge >= 0.3 is 0 Å². The minimum absolute atomic E-state index is 1.07. The predicted octanol–water partition coefficient (Wildman–Crippen LogP) is 3.60. The van der Waals surface area contributed by atoms with Crippen molar-refractivity contribution in [2.75, 3.05) is 0 Å². The number of rotatable bonds is 4. The first-order valence-corrected chi connectivity index (χ1v) is 10.1. The molecule has 0 amide bonds. The van der Waals surface area contributed by atoms with Gasteiger partial charge in [-0.25, -0.2) is 0 Å². The van der Waals surface area contributed by atoms with Crippen molar-refractivity contribution in [2.24, 2.45) is 0 Å². The largest absolute Gasteiger partial charge is 0.186 e. The maximum absolute atomic E-state index is 4.34. The van der Waals surface area contributed by atoms with E-state index in [2.05, 4.69) is 114 Å². The molecule has 0 N–H and O–H groups in total. The molecular weight excluding hydrogens is 348 g/mol. The Kier molecular flexibility index (Phi) is 4.41. The molecule has 0 saturated heterocycles. The molecule has 0 saturated carbocycles. The molecule has 0 fully saturated rings. The van der Waals surface area contributed by atoms with E-state index >= 15 is 0 Å². The van der Waals surface area contributed by atoms with Crippen molar-refractivity contribution in [3.63, 3.8) is 0 Å². The molecule has 0 aromatic heterocycles. The molecule has 0 heterocycles. The van der Waals surface area contributed by atoms with Crippen molar-refractivity contribution in [1.29, 1.82) is 0 Å². The predicted molar refractivity (Wildman–Crippen MR) is 102 cm³/mol. The lowest BCUT2D eigenvalue weighted by molar-refractivity contribution is 1.68. The fourth-order valence-corrected chi connectivity index (χ4v) is 9.11. The molecule has 3 aromatic carbocycles. The van der Waals surface area contributed by atoms with Gasteiger partial charge in [0.25, 0.3) is 0 Å². The molecule has 0 bridgehead atoms. The van der Waals surface area contributed by atoms with Crippen LogP contribution in [0.1, 0.15) is 0 Å². The van der Waals surface area contributed by atoms with E-state index < -0.39 is 8.07 Å². The zero-order chi connectivity index (χ0) is 15.4. The molecule has 2 heteroatoms. The first-order valence-electron chi connectivity index (χ1n) is 7.27. The smallest absolute Gasteiger partial charge is 0.0918 e. The Hall–Kier alpha value is -1.90. The lowest BCUT2D eigenvalue weighted by Gasteiger charge is -2.33. The lowest BCUT2D eigenvalue weighted by Crippen LogP contribution is -2.67. The van der Waals surface area contributed by atoms with Gasteiger partial charge in [-0.1, -0.05) is 114 Å². The van der Waals surface area contributed by atoms with Crippen LogP contribution in [0.15, 0.2) is 102 Å². The summed E-state index contributed by atoms with van der Waals surface area (Å²) in [4.78, 5) is 0. The van der Waals surface area contributed by atoms with E-state index in [4.69, 9.17) is 0 Å². The molecule has 0 spiro atoms. The number of hydrogen-bond donors (Lipinski definition) is 0. The maximum atomic E-state index is 4.34. The average Bonchev–Trinajstić information content (AvgIpc) is 2.58. The minimum atomic E-state index is -2.28.